The van der Waals surface area contributed by atoms with Crippen LogP contribution in [0.2, 0.25) is 0 Å². The molecule has 0 spiro atoms. The number of amides is 2. The van der Waals surface area contributed by atoms with Gasteiger partial charge < -0.3 is 19.3 Å². The Bertz CT molecular complexity index is 694. The number of fused-ring (bicyclic) bond motifs is 4. The Morgan fingerprint density at radius 2 is 1.73 bits per heavy atom. The monoisotopic (exact) mass is 358 g/mol. The summed E-state index contributed by atoms with van der Waals surface area (Å²) in [5.41, 5.74) is 0.545. The molecule has 6 nitrogen and oxygen atoms in total. The van der Waals surface area contributed by atoms with Crippen LogP contribution < -0.4 is 9.47 Å². The third-order valence-electron chi connectivity index (χ3n) is 5.83. The predicted octanol–water partition coefficient (Wildman–Crippen LogP) is 2.18. The van der Waals surface area contributed by atoms with Gasteiger partial charge in [0.05, 0.1) is 20.1 Å². The van der Waals surface area contributed by atoms with Crippen LogP contribution in [-0.2, 0) is 4.79 Å². The summed E-state index contributed by atoms with van der Waals surface area (Å²) in [6, 6.07) is 5.38. The van der Waals surface area contributed by atoms with E-state index in [1.807, 2.05) is 4.90 Å². The fraction of sp³-hybridized carbons (Fsp3) is 0.600. The summed E-state index contributed by atoms with van der Waals surface area (Å²) in [6.45, 7) is 2.00. The van der Waals surface area contributed by atoms with E-state index in [1.54, 1.807) is 32.4 Å². The SMILES string of the molecule is COc1cc(OC)cc(C(=O)N2C[C@@H]3CC[C@H](C2)N(CC2CC2)C3=O)c1. The standard InChI is InChI=1S/C20H26N2O4/c1-25-17-7-15(8-18(9-17)26-2)19(23)21-11-14-5-6-16(12-21)22(20(14)24)10-13-3-4-13/h7-9,13-14,16H,3-6,10-12H2,1-2H3/t14-,16+/m0/s1. The van der Waals surface area contributed by atoms with Gasteiger partial charge in [0.25, 0.3) is 5.91 Å². The molecule has 3 saturated heterocycles. The van der Waals surface area contributed by atoms with Crippen molar-refractivity contribution in [3.8, 4) is 11.5 Å². The Hall–Kier alpha value is -2.24. The number of rotatable bonds is 5. The molecule has 3 aliphatic heterocycles. The molecule has 6 heteroatoms. The lowest BCUT2D eigenvalue weighted by atomic mass is 9.94. The number of hydrogen-bond acceptors (Lipinski definition) is 4. The van der Waals surface area contributed by atoms with Gasteiger partial charge in [0.2, 0.25) is 5.91 Å². The van der Waals surface area contributed by atoms with Gasteiger partial charge in [-0.1, -0.05) is 0 Å². The smallest absolute Gasteiger partial charge is 0.254 e. The first-order valence-electron chi connectivity index (χ1n) is 9.42. The molecule has 1 aliphatic carbocycles. The summed E-state index contributed by atoms with van der Waals surface area (Å²) in [5, 5.41) is 0. The average Bonchev–Trinajstić information content (AvgIpc) is 3.50. The van der Waals surface area contributed by atoms with Crippen LogP contribution in [0.3, 0.4) is 0 Å². The van der Waals surface area contributed by atoms with E-state index in [4.69, 9.17) is 9.47 Å². The predicted molar refractivity (Wildman–Crippen MR) is 96.4 cm³/mol. The Morgan fingerprint density at radius 3 is 2.35 bits per heavy atom. The Labute approximate surface area is 154 Å². The molecule has 4 fully saturated rings. The molecule has 0 N–H and O–H groups in total. The van der Waals surface area contributed by atoms with Gasteiger partial charge in [-0.3, -0.25) is 9.59 Å². The van der Waals surface area contributed by atoms with E-state index in [1.165, 1.54) is 12.8 Å². The molecule has 5 rings (SSSR count). The lowest BCUT2D eigenvalue weighted by molar-refractivity contribution is -0.140. The molecule has 0 radical (unpaired) electrons. The first kappa shape index (κ1) is 17.2. The average molecular weight is 358 g/mol. The third-order valence-corrected chi connectivity index (χ3v) is 5.83. The molecule has 0 aromatic heterocycles. The number of carbonyl (C=O) groups is 2. The number of hydrogen-bond donors (Lipinski definition) is 0. The van der Waals surface area contributed by atoms with E-state index in [0.29, 0.717) is 36.1 Å². The maximum absolute atomic E-state index is 13.1. The molecule has 0 unspecified atom stereocenters. The van der Waals surface area contributed by atoms with Gasteiger partial charge in [-0.25, -0.2) is 0 Å². The van der Waals surface area contributed by atoms with Crippen molar-refractivity contribution in [3.63, 3.8) is 0 Å². The molecule has 26 heavy (non-hydrogen) atoms. The topological polar surface area (TPSA) is 59.1 Å². The molecule has 2 atom stereocenters. The zero-order valence-electron chi connectivity index (χ0n) is 15.4. The summed E-state index contributed by atoms with van der Waals surface area (Å²) in [7, 11) is 3.15. The second-order valence-corrected chi connectivity index (χ2v) is 7.67. The zero-order chi connectivity index (χ0) is 18.3. The Kier molecular flexibility index (Phi) is 4.51. The molecule has 1 aromatic carbocycles. The summed E-state index contributed by atoms with van der Waals surface area (Å²) >= 11 is 0. The van der Waals surface area contributed by atoms with Gasteiger partial charge in [0, 0.05) is 37.3 Å². The molecule has 2 amide bonds. The van der Waals surface area contributed by atoms with E-state index >= 15 is 0 Å². The van der Waals surface area contributed by atoms with Crippen molar-refractivity contribution in [2.24, 2.45) is 11.8 Å². The maximum atomic E-state index is 13.1. The summed E-state index contributed by atoms with van der Waals surface area (Å²) in [6.07, 6.45) is 4.34. The van der Waals surface area contributed by atoms with Crippen LogP contribution in [0.5, 0.6) is 11.5 Å². The Morgan fingerprint density at radius 1 is 1.04 bits per heavy atom. The molecule has 1 aromatic rings. The molecule has 2 bridgehead atoms. The number of ether oxygens (including phenoxy) is 2. The van der Waals surface area contributed by atoms with Crippen molar-refractivity contribution in [2.75, 3.05) is 33.9 Å². The summed E-state index contributed by atoms with van der Waals surface area (Å²) < 4.78 is 10.6. The third kappa shape index (κ3) is 3.24. The van der Waals surface area contributed by atoms with E-state index in [-0.39, 0.29) is 23.8 Å². The van der Waals surface area contributed by atoms with Crippen LogP contribution in [0.25, 0.3) is 0 Å². The largest absolute Gasteiger partial charge is 0.497 e. The minimum atomic E-state index is -0.0658. The molecular formula is C20H26N2O4. The van der Waals surface area contributed by atoms with Gasteiger partial charge >= 0.3 is 0 Å². The molecule has 4 aliphatic rings. The minimum Gasteiger partial charge on any atom is -0.497 e. The van der Waals surface area contributed by atoms with Crippen molar-refractivity contribution in [1.82, 2.24) is 9.80 Å². The van der Waals surface area contributed by atoms with Gasteiger partial charge in [-0.05, 0) is 43.7 Å². The zero-order valence-corrected chi connectivity index (χ0v) is 15.4. The highest BCUT2D eigenvalue weighted by Crippen LogP contribution is 2.36. The van der Waals surface area contributed by atoms with Crippen LogP contribution >= 0.6 is 0 Å². The second-order valence-electron chi connectivity index (χ2n) is 7.67. The van der Waals surface area contributed by atoms with Gasteiger partial charge in [-0.15, -0.1) is 0 Å². The number of methoxy groups -OCH3 is 2. The first-order valence-corrected chi connectivity index (χ1v) is 9.42. The maximum Gasteiger partial charge on any atom is 0.254 e. The van der Waals surface area contributed by atoms with Crippen molar-refractivity contribution in [2.45, 2.75) is 31.7 Å². The van der Waals surface area contributed by atoms with Crippen molar-refractivity contribution >= 4 is 11.8 Å². The fourth-order valence-corrected chi connectivity index (χ4v) is 4.14. The first-order chi connectivity index (χ1) is 12.6. The van der Waals surface area contributed by atoms with Crippen LogP contribution in [0, 0.1) is 11.8 Å². The quantitative estimate of drug-likeness (QED) is 0.809. The fourth-order valence-electron chi connectivity index (χ4n) is 4.14. The number of nitrogens with zero attached hydrogens (tertiary/aromatic N) is 2. The van der Waals surface area contributed by atoms with E-state index in [2.05, 4.69) is 4.90 Å². The molecular weight excluding hydrogens is 332 g/mol. The van der Waals surface area contributed by atoms with Crippen molar-refractivity contribution < 1.29 is 19.1 Å². The molecule has 140 valence electrons. The Balaban J connectivity index is 1.56. The van der Waals surface area contributed by atoms with E-state index in [0.717, 1.165) is 19.4 Å². The summed E-state index contributed by atoms with van der Waals surface area (Å²) in [4.78, 5) is 29.9. The molecule has 3 heterocycles. The van der Waals surface area contributed by atoms with Gasteiger partial charge in [-0.2, -0.15) is 0 Å². The van der Waals surface area contributed by atoms with Crippen molar-refractivity contribution in [1.29, 1.82) is 0 Å². The number of carbonyl (C=O) groups excluding carboxylic acids is 2. The number of piperidine rings is 1. The lowest BCUT2D eigenvalue weighted by Gasteiger charge is -2.36. The molecule has 1 saturated carbocycles. The lowest BCUT2D eigenvalue weighted by Crippen LogP contribution is -2.48. The second kappa shape index (κ2) is 6.82. The minimum absolute atomic E-state index is 0.0554. The van der Waals surface area contributed by atoms with Crippen LogP contribution in [0.4, 0.5) is 0 Å². The van der Waals surface area contributed by atoms with Gasteiger partial charge in [0.1, 0.15) is 11.5 Å². The van der Waals surface area contributed by atoms with Gasteiger partial charge in [0.15, 0.2) is 0 Å². The van der Waals surface area contributed by atoms with E-state index in [9.17, 15) is 9.59 Å². The highest BCUT2D eigenvalue weighted by Gasteiger charge is 2.43. The van der Waals surface area contributed by atoms with Crippen LogP contribution in [0.1, 0.15) is 36.0 Å². The van der Waals surface area contributed by atoms with E-state index < -0.39 is 0 Å². The highest BCUT2D eigenvalue weighted by atomic mass is 16.5. The van der Waals surface area contributed by atoms with Crippen molar-refractivity contribution in [3.05, 3.63) is 23.8 Å². The summed E-state index contributed by atoms with van der Waals surface area (Å²) in [5.74, 6) is 1.98. The van der Waals surface area contributed by atoms with Crippen LogP contribution in [0.15, 0.2) is 18.2 Å². The number of benzene rings is 1. The van der Waals surface area contributed by atoms with Crippen LogP contribution in [-0.4, -0.2) is 61.5 Å². The highest BCUT2D eigenvalue weighted by molar-refractivity contribution is 5.96. The normalized spacial score (nSPS) is 25.2.